The first-order valence-electron chi connectivity index (χ1n) is 5.34. The Morgan fingerprint density at radius 3 is 2.37 bits per heavy atom. The van der Waals surface area contributed by atoms with Gasteiger partial charge in [-0.25, -0.2) is 4.79 Å². The van der Waals surface area contributed by atoms with E-state index in [9.17, 15) is 4.79 Å². The first-order valence-corrected chi connectivity index (χ1v) is 6.89. The van der Waals surface area contributed by atoms with Gasteiger partial charge in [0, 0.05) is 10.2 Å². The Kier molecular flexibility index (Phi) is 4.69. The monoisotopic (exact) mass is 358 g/mol. The predicted molar refractivity (Wildman–Crippen MR) is 83.2 cm³/mol. The van der Waals surface area contributed by atoms with Gasteiger partial charge in [-0.05, 0) is 36.4 Å². The van der Waals surface area contributed by atoms with Crippen LogP contribution in [0.4, 0.5) is 16.2 Å². The molecule has 0 aliphatic carbocycles. The van der Waals surface area contributed by atoms with E-state index in [1.165, 1.54) is 0 Å². The zero-order chi connectivity index (χ0) is 13.8. The number of hydrogen-bond donors (Lipinski definition) is 2. The molecule has 0 spiro atoms. The van der Waals surface area contributed by atoms with Crippen molar-refractivity contribution in [2.45, 2.75) is 0 Å². The Labute approximate surface area is 129 Å². The third kappa shape index (κ3) is 3.86. The Balaban J connectivity index is 2.05. The van der Waals surface area contributed by atoms with Crippen molar-refractivity contribution in [2.24, 2.45) is 0 Å². The van der Waals surface area contributed by atoms with E-state index in [-0.39, 0.29) is 6.03 Å². The molecule has 0 aliphatic rings. The van der Waals surface area contributed by atoms with Crippen LogP contribution in [0.15, 0.2) is 46.9 Å². The molecule has 0 atom stereocenters. The van der Waals surface area contributed by atoms with E-state index in [4.69, 9.17) is 23.2 Å². The molecule has 2 aromatic carbocycles. The normalized spacial score (nSPS) is 10.1. The molecule has 19 heavy (non-hydrogen) atoms. The standard InChI is InChI=1S/C13H9BrCl2N2O/c14-8-4-6-9(7-5-8)17-13(19)18-11-3-1-2-10(15)12(11)16/h1-7H,(H2,17,18,19). The molecule has 2 aromatic rings. The minimum Gasteiger partial charge on any atom is -0.308 e. The van der Waals surface area contributed by atoms with Crippen LogP contribution < -0.4 is 10.6 Å². The molecule has 0 unspecified atom stereocenters. The highest BCUT2D eigenvalue weighted by Crippen LogP contribution is 2.29. The van der Waals surface area contributed by atoms with E-state index < -0.39 is 0 Å². The third-order valence-electron chi connectivity index (χ3n) is 2.30. The number of benzene rings is 2. The fraction of sp³-hybridized carbons (Fsp3) is 0. The van der Waals surface area contributed by atoms with Crippen LogP contribution in [0.2, 0.25) is 10.0 Å². The van der Waals surface area contributed by atoms with E-state index in [1.54, 1.807) is 30.3 Å². The molecule has 0 aromatic heterocycles. The van der Waals surface area contributed by atoms with Crippen molar-refractivity contribution in [2.75, 3.05) is 10.6 Å². The lowest BCUT2D eigenvalue weighted by molar-refractivity contribution is 0.262. The van der Waals surface area contributed by atoms with Gasteiger partial charge in [0.05, 0.1) is 15.7 Å². The van der Waals surface area contributed by atoms with Crippen molar-refractivity contribution in [3.63, 3.8) is 0 Å². The molecular formula is C13H9BrCl2N2O. The number of amides is 2. The fourth-order valence-electron chi connectivity index (χ4n) is 1.42. The maximum atomic E-state index is 11.8. The molecule has 0 bridgehead atoms. The molecule has 2 rings (SSSR count). The average molecular weight is 360 g/mol. The molecule has 0 aliphatic heterocycles. The Morgan fingerprint density at radius 1 is 1.00 bits per heavy atom. The fourth-order valence-corrected chi connectivity index (χ4v) is 2.03. The van der Waals surface area contributed by atoms with Crippen LogP contribution in [0.25, 0.3) is 0 Å². The average Bonchev–Trinajstić information content (AvgIpc) is 2.38. The van der Waals surface area contributed by atoms with Crippen molar-refractivity contribution in [3.8, 4) is 0 Å². The molecule has 0 heterocycles. The second-order valence-electron chi connectivity index (χ2n) is 3.69. The number of hydrogen-bond acceptors (Lipinski definition) is 1. The Morgan fingerprint density at radius 2 is 1.68 bits per heavy atom. The van der Waals surface area contributed by atoms with Gasteiger partial charge < -0.3 is 10.6 Å². The SMILES string of the molecule is O=C(Nc1ccc(Br)cc1)Nc1cccc(Cl)c1Cl. The van der Waals surface area contributed by atoms with E-state index >= 15 is 0 Å². The summed E-state index contributed by atoms with van der Waals surface area (Å²) in [6.07, 6.45) is 0. The molecule has 98 valence electrons. The van der Waals surface area contributed by atoms with Gasteiger partial charge in [-0.1, -0.05) is 45.2 Å². The number of urea groups is 1. The van der Waals surface area contributed by atoms with Crippen molar-refractivity contribution >= 4 is 56.5 Å². The van der Waals surface area contributed by atoms with Crippen LogP contribution in [0.1, 0.15) is 0 Å². The van der Waals surface area contributed by atoms with E-state index in [0.717, 1.165) is 4.47 Å². The van der Waals surface area contributed by atoms with E-state index in [0.29, 0.717) is 21.4 Å². The molecule has 3 nitrogen and oxygen atoms in total. The summed E-state index contributed by atoms with van der Waals surface area (Å²) in [7, 11) is 0. The second kappa shape index (κ2) is 6.28. The van der Waals surface area contributed by atoms with E-state index in [2.05, 4.69) is 26.6 Å². The van der Waals surface area contributed by atoms with Crippen LogP contribution in [0, 0.1) is 0 Å². The van der Waals surface area contributed by atoms with Gasteiger partial charge >= 0.3 is 6.03 Å². The van der Waals surface area contributed by atoms with Gasteiger partial charge in [0.2, 0.25) is 0 Å². The maximum Gasteiger partial charge on any atom is 0.323 e. The molecule has 0 saturated carbocycles. The van der Waals surface area contributed by atoms with Crippen LogP contribution in [0.5, 0.6) is 0 Å². The van der Waals surface area contributed by atoms with Gasteiger partial charge in [-0.3, -0.25) is 0 Å². The summed E-state index contributed by atoms with van der Waals surface area (Å²) in [5, 5.41) is 6.03. The van der Waals surface area contributed by atoms with Crippen molar-refractivity contribution < 1.29 is 4.79 Å². The Bertz CT molecular complexity index is 602. The summed E-state index contributed by atoms with van der Waals surface area (Å²) in [6.45, 7) is 0. The number of anilines is 2. The molecule has 0 radical (unpaired) electrons. The summed E-state index contributed by atoms with van der Waals surface area (Å²) in [5.74, 6) is 0. The first kappa shape index (κ1) is 14.2. The van der Waals surface area contributed by atoms with Crippen LogP contribution in [-0.2, 0) is 0 Å². The smallest absolute Gasteiger partial charge is 0.308 e. The Hall–Kier alpha value is -1.23. The summed E-state index contributed by atoms with van der Waals surface area (Å²) >= 11 is 15.2. The number of halogens is 3. The zero-order valence-corrected chi connectivity index (χ0v) is 12.7. The van der Waals surface area contributed by atoms with Gasteiger partial charge in [-0.2, -0.15) is 0 Å². The largest absolute Gasteiger partial charge is 0.323 e. The van der Waals surface area contributed by atoms with Gasteiger partial charge in [0.15, 0.2) is 0 Å². The van der Waals surface area contributed by atoms with Gasteiger partial charge in [0.1, 0.15) is 0 Å². The zero-order valence-electron chi connectivity index (χ0n) is 9.58. The molecule has 0 saturated heterocycles. The molecular weight excluding hydrogens is 351 g/mol. The number of carbonyl (C=O) groups is 1. The molecule has 2 N–H and O–H groups in total. The maximum absolute atomic E-state index is 11.8. The highest BCUT2D eigenvalue weighted by Gasteiger charge is 2.08. The first-order chi connectivity index (χ1) is 9.06. The highest BCUT2D eigenvalue weighted by atomic mass is 79.9. The lowest BCUT2D eigenvalue weighted by Crippen LogP contribution is -2.19. The highest BCUT2D eigenvalue weighted by molar-refractivity contribution is 9.10. The number of rotatable bonds is 2. The van der Waals surface area contributed by atoms with Gasteiger partial charge in [0.25, 0.3) is 0 Å². The van der Waals surface area contributed by atoms with Crippen LogP contribution in [-0.4, -0.2) is 6.03 Å². The molecule has 2 amide bonds. The van der Waals surface area contributed by atoms with Crippen LogP contribution >= 0.6 is 39.1 Å². The number of carbonyl (C=O) groups excluding carboxylic acids is 1. The third-order valence-corrected chi connectivity index (χ3v) is 3.65. The predicted octanol–water partition coefficient (Wildman–Crippen LogP) is 5.40. The lowest BCUT2D eigenvalue weighted by Gasteiger charge is -2.09. The van der Waals surface area contributed by atoms with Crippen molar-refractivity contribution in [1.82, 2.24) is 0 Å². The number of nitrogens with one attached hydrogen (secondary N) is 2. The lowest BCUT2D eigenvalue weighted by atomic mass is 10.3. The molecule has 0 fully saturated rings. The van der Waals surface area contributed by atoms with Crippen molar-refractivity contribution in [3.05, 3.63) is 57.0 Å². The minimum absolute atomic E-state index is 0.315. The summed E-state index contributed by atoms with van der Waals surface area (Å²) in [6, 6.07) is 11.9. The summed E-state index contributed by atoms with van der Waals surface area (Å²) in [4.78, 5) is 11.8. The molecule has 6 heteroatoms. The van der Waals surface area contributed by atoms with E-state index in [1.807, 2.05) is 12.1 Å². The topological polar surface area (TPSA) is 41.1 Å². The van der Waals surface area contributed by atoms with Gasteiger partial charge in [-0.15, -0.1) is 0 Å². The summed E-state index contributed by atoms with van der Waals surface area (Å²) < 4.78 is 0.941. The van der Waals surface area contributed by atoms with Crippen LogP contribution in [0.3, 0.4) is 0 Å². The van der Waals surface area contributed by atoms with Crippen molar-refractivity contribution in [1.29, 1.82) is 0 Å². The quantitative estimate of drug-likeness (QED) is 0.740. The second-order valence-corrected chi connectivity index (χ2v) is 5.39. The summed E-state index contributed by atoms with van der Waals surface area (Å²) in [5.41, 5.74) is 1.14. The minimum atomic E-state index is -0.383.